The quantitative estimate of drug-likeness (QED) is 0.682. The van der Waals surface area contributed by atoms with Crippen molar-refractivity contribution in [2.24, 2.45) is 11.7 Å². The van der Waals surface area contributed by atoms with Gasteiger partial charge in [-0.25, -0.2) is 4.98 Å². The van der Waals surface area contributed by atoms with Crippen molar-refractivity contribution in [2.45, 2.75) is 25.8 Å². The number of aromatic nitrogens is 1. The largest absolute Gasteiger partial charge is 0.366 e. The smallest absolute Gasteiger partial charge is 0.248 e. The van der Waals surface area contributed by atoms with Gasteiger partial charge >= 0.3 is 0 Å². The maximum absolute atomic E-state index is 12.3. The van der Waals surface area contributed by atoms with E-state index >= 15 is 0 Å². The first-order valence-corrected chi connectivity index (χ1v) is 10.0. The van der Waals surface area contributed by atoms with Crippen LogP contribution in [0.5, 0.6) is 0 Å². The predicted octanol–water partition coefficient (Wildman–Crippen LogP) is 1.59. The van der Waals surface area contributed by atoms with Gasteiger partial charge in [-0.2, -0.15) is 0 Å². The molecule has 3 amide bonds. The molecule has 9 heteroatoms. The van der Waals surface area contributed by atoms with E-state index in [1.165, 1.54) is 11.3 Å². The Balaban J connectivity index is 1.31. The number of benzene rings is 1. The Morgan fingerprint density at radius 2 is 1.93 bits per heavy atom. The van der Waals surface area contributed by atoms with E-state index in [0.29, 0.717) is 22.9 Å². The second kappa shape index (κ2) is 7.69. The van der Waals surface area contributed by atoms with Gasteiger partial charge in [0.15, 0.2) is 5.13 Å². The molecule has 2 aliphatic rings. The molecule has 0 radical (unpaired) electrons. The van der Waals surface area contributed by atoms with Gasteiger partial charge in [0.05, 0.1) is 12.2 Å². The van der Waals surface area contributed by atoms with Crippen molar-refractivity contribution >= 4 is 39.9 Å². The number of hydrogen-bond acceptors (Lipinski definition) is 6. The van der Waals surface area contributed by atoms with Crippen LogP contribution in [-0.4, -0.2) is 40.7 Å². The highest BCUT2D eigenvalue weighted by Crippen LogP contribution is 2.32. The van der Waals surface area contributed by atoms with Gasteiger partial charge in [0.2, 0.25) is 17.7 Å². The molecule has 1 fully saturated rings. The van der Waals surface area contributed by atoms with Gasteiger partial charge in [-0.05, 0) is 37.1 Å². The monoisotopic (exact) mass is 399 g/mol. The second-order valence-corrected chi connectivity index (χ2v) is 8.19. The molecule has 1 aromatic carbocycles. The number of anilines is 2. The van der Waals surface area contributed by atoms with Gasteiger partial charge in [-0.3, -0.25) is 19.3 Å². The van der Waals surface area contributed by atoms with Gasteiger partial charge < -0.3 is 16.4 Å². The fourth-order valence-corrected chi connectivity index (χ4v) is 4.16. The third-order valence-corrected chi connectivity index (χ3v) is 5.81. The van der Waals surface area contributed by atoms with Gasteiger partial charge in [-0.15, -0.1) is 11.3 Å². The van der Waals surface area contributed by atoms with E-state index in [9.17, 15) is 14.4 Å². The number of hydrogen-bond donors (Lipinski definition) is 3. The van der Waals surface area contributed by atoms with Gasteiger partial charge in [-0.1, -0.05) is 0 Å². The van der Waals surface area contributed by atoms with Crippen molar-refractivity contribution in [1.29, 1.82) is 0 Å². The Morgan fingerprint density at radius 3 is 2.61 bits per heavy atom. The fourth-order valence-electron chi connectivity index (χ4n) is 3.11. The minimum atomic E-state index is -0.501. The Labute approximate surface area is 166 Å². The number of rotatable bonds is 6. The standard InChI is InChI=1S/C19H21N5O3S/c20-17(26)11-3-5-13(6-4-11)21-16(25)10-24-8-7-14-15(9-24)28-19(22-14)23-18(27)12-1-2-12/h3-6,12H,1-2,7-10H2,(H2,20,26)(H,21,25)(H,22,23,27). The number of primary amides is 1. The summed E-state index contributed by atoms with van der Waals surface area (Å²) in [4.78, 5) is 43.0. The molecule has 2 aromatic rings. The van der Waals surface area contributed by atoms with Crippen LogP contribution in [0.3, 0.4) is 0 Å². The Morgan fingerprint density at radius 1 is 1.18 bits per heavy atom. The average Bonchev–Trinajstić information content (AvgIpc) is 3.43. The summed E-state index contributed by atoms with van der Waals surface area (Å²) in [7, 11) is 0. The third kappa shape index (κ3) is 4.37. The molecule has 8 nitrogen and oxygen atoms in total. The van der Waals surface area contributed by atoms with Crippen LogP contribution in [0.2, 0.25) is 0 Å². The van der Waals surface area contributed by atoms with E-state index in [0.717, 1.165) is 36.4 Å². The lowest BCUT2D eigenvalue weighted by atomic mass is 10.2. The molecule has 0 atom stereocenters. The third-order valence-electron chi connectivity index (χ3n) is 4.81. The van der Waals surface area contributed by atoms with Crippen LogP contribution < -0.4 is 16.4 Å². The molecule has 1 aliphatic carbocycles. The van der Waals surface area contributed by atoms with E-state index < -0.39 is 5.91 Å². The minimum absolute atomic E-state index is 0.0599. The van der Waals surface area contributed by atoms with E-state index in [2.05, 4.69) is 20.5 Å². The molecule has 4 N–H and O–H groups in total. The number of thiazole rings is 1. The van der Waals surface area contributed by atoms with Crippen LogP contribution in [0.15, 0.2) is 24.3 Å². The van der Waals surface area contributed by atoms with Crippen LogP contribution >= 0.6 is 11.3 Å². The highest BCUT2D eigenvalue weighted by Gasteiger charge is 2.31. The lowest BCUT2D eigenvalue weighted by Gasteiger charge is -2.25. The zero-order valence-corrected chi connectivity index (χ0v) is 16.1. The molecular weight excluding hydrogens is 378 g/mol. The first-order valence-electron chi connectivity index (χ1n) is 9.19. The first-order chi connectivity index (χ1) is 13.5. The van der Waals surface area contributed by atoms with E-state index in [1.54, 1.807) is 24.3 Å². The molecule has 1 aliphatic heterocycles. The number of nitrogens with zero attached hydrogens (tertiary/aromatic N) is 2. The zero-order chi connectivity index (χ0) is 19.7. The molecule has 0 bridgehead atoms. The summed E-state index contributed by atoms with van der Waals surface area (Å²) in [6.07, 6.45) is 2.68. The molecular formula is C19H21N5O3S. The molecule has 0 saturated heterocycles. The van der Waals surface area contributed by atoms with Crippen molar-refractivity contribution in [2.75, 3.05) is 23.7 Å². The maximum atomic E-state index is 12.3. The number of carbonyl (C=O) groups is 3. The average molecular weight is 399 g/mol. The molecule has 28 heavy (non-hydrogen) atoms. The van der Waals surface area contributed by atoms with Crippen LogP contribution in [-0.2, 0) is 22.6 Å². The van der Waals surface area contributed by atoms with Gasteiger partial charge in [0.25, 0.3) is 0 Å². The second-order valence-electron chi connectivity index (χ2n) is 7.10. The molecule has 146 valence electrons. The predicted molar refractivity (Wildman–Crippen MR) is 106 cm³/mol. The Kier molecular flexibility index (Phi) is 5.10. The van der Waals surface area contributed by atoms with E-state index in [-0.39, 0.29) is 24.3 Å². The zero-order valence-electron chi connectivity index (χ0n) is 15.2. The number of nitrogens with two attached hydrogens (primary N) is 1. The van der Waals surface area contributed by atoms with Crippen molar-refractivity contribution in [3.05, 3.63) is 40.4 Å². The van der Waals surface area contributed by atoms with Crippen molar-refractivity contribution in [1.82, 2.24) is 9.88 Å². The fraction of sp³-hybridized carbons (Fsp3) is 0.368. The van der Waals surface area contributed by atoms with Crippen molar-refractivity contribution in [3.8, 4) is 0 Å². The van der Waals surface area contributed by atoms with Crippen molar-refractivity contribution in [3.63, 3.8) is 0 Å². The highest BCUT2D eigenvalue weighted by molar-refractivity contribution is 7.15. The van der Waals surface area contributed by atoms with Gasteiger partial charge in [0, 0.05) is 41.6 Å². The number of carbonyl (C=O) groups excluding carboxylic acids is 3. The summed E-state index contributed by atoms with van der Waals surface area (Å²) in [6.45, 7) is 1.64. The van der Waals surface area contributed by atoms with Crippen molar-refractivity contribution < 1.29 is 14.4 Å². The van der Waals surface area contributed by atoms with Crippen LogP contribution in [0.25, 0.3) is 0 Å². The van der Waals surface area contributed by atoms with E-state index in [4.69, 9.17) is 5.73 Å². The highest BCUT2D eigenvalue weighted by atomic mass is 32.1. The summed E-state index contributed by atoms with van der Waals surface area (Å²) >= 11 is 1.49. The molecule has 2 heterocycles. The Bertz CT molecular complexity index is 920. The molecule has 0 unspecified atom stereocenters. The summed E-state index contributed by atoms with van der Waals surface area (Å²) in [5.41, 5.74) is 7.24. The van der Waals surface area contributed by atoms with E-state index in [1.807, 2.05) is 0 Å². The molecule has 4 rings (SSSR count). The van der Waals surface area contributed by atoms with Crippen LogP contribution in [0.4, 0.5) is 10.8 Å². The first kappa shape index (κ1) is 18.6. The molecule has 1 aromatic heterocycles. The van der Waals surface area contributed by atoms with Gasteiger partial charge in [0.1, 0.15) is 0 Å². The number of nitrogens with one attached hydrogen (secondary N) is 2. The lowest BCUT2D eigenvalue weighted by Crippen LogP contribution is -2.36. The maximum Gasteiger partial charge on any atom is 0.248 e. The molecule has 0 spiro atoms. The minimum Gasteiger partial charge on any atom is -0.366 e. The van der Waals surface area contributed by atoms with Crippen LogP contribution in [0, 0.1) is 5.92 Å². The summed E-state index contributed by atoms with van der Waals surface area (Å²) in [6, 6.07) is 6.48. The normalized spacial score (nSPS) is 16.3. The molecule has 1 saturated carbocycles. The summed E-state index contributed by atoms with van der Waals surface area (Å²) in [5, 5.41) is 6.38. The summed E-state index contributed by atoms with van der Waals surface area (Å²) < 4.78 is 0. The SMILES string of the molecule is NC(=O)c1ccc(NC(=O)CN2CCc3nc(NC(=O)C4CC4)sc3C2)cc1. The summed E-state index contributed by atoms with van der Waals surface area (Å²) in [5.74, 6) is -0.413. The topological polar surface area (TPSA) is 117 Å². The Hall–Kier alpha value is -2.78. The van der Waals surface area contributed by atoms with Crippen LogP contribution in [0.1, 0.15) is 33.8 Å². The number of fused-ring (bicyclic) bond motifs is 1. The lowest BCUT2D eigenvalue weighted by molar-refractivity contribution is -0.118. The number of amides is 3.